The van der Waals surface area contributed by atoms with Gasteiger partial charge in [-0.25, -0.2) is 0 Å². The van der Waals surface area contributed by atoms with Crippen molar-refractivity contribution in [2.24, 2.45) is 0 Å². The Morgan fingerprint density at radius 3 is 2.71 bits per heavy atom. The Labute approximate surface area is 124 Å². The molecule has 1 amide bonds. The lowest BCUT2D eigenvalue weighted by Crippen LogP contribution is -2.39. The van der Waals surface area contributed by atoms with Crippen LogP contribution in [0.15, 0.2) is 18.2 Å². The highest BCUT2D eigenvalue weighted by molar-refractivity contribution is 7.90. The largest absolute Gasteiger partial charge is 0.482 e. The molecule has 1 heterocycles. The van der Waals surface area contributed by atoms with Crippen LogP contribution >= 0.6 is 0 Å². The summed E-state index contributed by atoms with van der Waals surface area (Å²) in [6.45, 7) is 2.55. The summed E-state index contributed by atoms with van der Waals surface area (Å²) in [5, 5.41) is 0. The molecule has 7 nitrogen and oxygen atoms in total. The minimum atomic E-state index is -3.58. The first-order valence-corrected chi connectivity index (χ1v) is 8.06. The molecule has 0 radical (unpaired) electrons. The molecule has 0 unspecified atom stereocenters. The Balaban J connectivity index is 2.35. The second-order valence-electron chi connectivity index (χ2n) is 4.91. The first kappa shape index (κ1) is 15.6. The molecular weight excluding hydrogens is 294 g/mol. The molecule has 1 aliphatic heterocycles. The van der Waals surface area contributed by atoms with Crippen LogP contribution in [0.1, 0.15) is 13.3 Å². The number of nitrogens with zero attached hydrogens (tertiary/aromatic N) is 2. The van der Waals surface area contributed by atoms with Gasteiger partial charge in [-0.05, 0) is 24.6 Å². The van der Waals surface area contributed by atoms with Crippen LogP contribution in [-0.2, 0) is 15.0 Å². The zero-order valence-electron chi connectivity index (χ0n) is 12.3. The Morgan fingerprint density at radius 1 is 1.38 bits per heavy atom. The van der Waals surface area contributed by atoms with Crippen LogP contribution in [0.4, 0.5) is 11.4 Å². The van der Waals surface area contributed by atoms with Gasteiger partial charge in [0.15, 0.2) is 6.61 Å². The zero-order valence-corrected chi connectivity index (χ0v) is 13.1. The van der Waals surface area contributed by atoms with E-state index in [0.717, 1.165) is 10.7 Å². The van der Waals surface area contributed by atoms with E-state index in [1.165, 1.54) is 14.1 Å². The third kappa shape index (κ3) is 3.27. The normalized spacial score (nSPS) is 14.9. The number of anilines is 2. The topological polar surface area (TPSA) is 79.0 Å². The molecule has 0 bridgehead atoms. The molecule has 116 valence electrons. The first-order valence-electron chi connectivity index (χ1n) is 6.62. The molecular formula is C13H19N3O4S. The number of ether oxygens (including phenoxy) is 1. The summed E-state index contributed by atoms with van der Waals surface area (Å²) in [6, 6.07) is 4.89. The summed E-state index contributed by atoms with van der Waals surface area (Å²) in [5.41, 5.74) is 0.980. The molecule has 0 spiro atoms. The number of nitrogens with one attached hydrogen (secondary N) is 1. The van der Waals surface area contributed by atoms with Gasteiger partial charge in [0, 0.05) is 20.6 Å². The quantitative estimate of drug-likeness (QED) is 0.881. The average molecular weight is 313 g/mol. The van der Waals surface area contributed by atoms with Crippen LogP contribution in [0.2, 0.25) is 0 Å². The molecule has 0 saturated heterocycles. The van der Waals surface area contributed by atoms with Gasteiger partial charge in [0.1, 0.15) is 5.75 Å². The fraction of sp³-hybridized carbons (Fsp3) is 0.462. The summed E-state index contributed by atoms with van der Waals surface area (Å²) < 4.78 is 32.6. The monoisotopic (exact) mass is 313 g/mol. The number of fused-ring (bicyclic) bond motifs is 1. The number of hydrogen-bond donors (Lipinski definition) is 1. The zero-order chi connectivity index (χ0) is 15.6. The van der Waals surface area contributed by atoms with Crippen molar-refractivity contribution in [2.75, 3.05) is 36.9 Å². The van der Waals surface area contributed by atoms with Crippen LogP contribution < -0.4 is 14.4 Å². The molecule has 0 fully saturated rings. The van der Waals surface area contributed by atoms with Crippen molar-refractivity contribution in [3.63, 3.8) is 0 Å². The predicted octanol–water partition coefficient (Wildman–Crippen LogP) is 1.04. The van der Waals surface area contributed by atoms with E-state index in [4.69, 9.17) is 4.74 Å². The highest BCUT2D eigenvalue weighted by Crippen LogP contribution is 2.34. The van der Waals surface area contributed by atoms with Crippen molar-refractivity contribution in [1.29, 1.82) is 0 Å². The fourth-order valence-corrected chi connectivity index (χ4v) is 2.58. The number of benzene rings is 1. The molecule has 0 saturated carbocycles. The van der Waals surface area contributed by atoms with E-state index in [-0.39, 0.29) is 12.5 Å². The predicted molar refractivity (Wildman–Crippen MR) is 80.8 cm³/mol. The van der Waals surface area contributed by atoms with E-state index in [0.29, 0.717) is 23.7 Å². The third-order valence-electron chi connectivity index (χ3n) is 3.08. The maximum atomic E-state index is 11.9. The lowest BCUT2D eigenvalue weighted by molar-refractivity contribution is -0.121. The van der Waals surface area contributed by atoms with E-state index in [2.05, 4.69) is 4.72 Å². The molecule has 0 aromatic heterocycles. The Bertz CT molecular complexity index is 643. The number of amides is 1. The number of carbonyl (C=O) groups is 1. The van der Waals surface area contributed by atoms with Crippen molar-refractivity contribution in [1.82, 2.24) is 4.31 Å². The third-order valence-corrected chi connectivity index (χ3v) is 4.53. The smallest absolute Gasteiger partial charge is 0.301 e. The molecule has 1 aromatic rings. The van der Waals surface area contributed by atoms with Gasteiger partial charge in [0.05, 0.1) is 11.4 Å². The Morgan fingerprint density at radius 2 is 2.10 bits per heavy atom. The molecule has 1 aromatic carbocycles. The summed E-state index contributed by atoms with van der Waals surface area (Å²) >= 11 is 0. The van der Waals surface area contributed by atoms with Gasteiger partial charge in [0.2, 0.25) is 0 Å². The van der Waals surface area contributed by atoms with Crippen molar-refractivity contribution in [2.45, 2.75) is 13.3 Å². The van der Waals surface area contributed by atoms with E-state index < -0.39 is 10.2 Å². The van der Waals surface area contributed by atoms with Gasteiger partial charge in [-0.1, -0.05) is 6.92 Å². The molecule has 8 heteroatoms. The van der Waals surface area contributed by atoms with Crippen molar-refractivity contribution in [3.8, 4) is 5.75 Å². The maximum Gasteiger partial charge on any atom is 0.301 e. The van der Waals surface area contributed by atoms with Gasteiger partial charge >= 0.3 is 10.2 Å². The highest BCUT2D eigenvalue weighted by Gasteiger charge is 2.25. The minimum absolute atomic E-state index is 0.00969. The summed E-state index contributed by atoms with van der Waals surface area (Å²) in [4.78, 5) is 13.5. The van der Waals surface area contributed by atoms with E-state index in [9.17, 15) is 13.2 Å². The number of carbonyl (C=O) groups excluding carboxylic acids is 1. The standard InChI is InChI=1S/C13H19N3O4S/c1-4-7-16-11-8-10(14-21(18,19)15(2)3)5-6-12(11)20-9-13(16)17/h5-6,8,14H,4,7,9H2,1-3H3. The molecule has 1 aliphatic rings. The molecule has 0 atom stereocenters. The summed E-state index contributed by atoms with van der Waals surface area (Å²) in [7, 11) is -0.700. The second-order valence-corrected chi connectivity index (χ2v) is 6.79. The van der Waals surface area contributed by atoms with Gasteiger partial charge in [-0.15, -0.1) is 0 Å². The Kier molecular flexibility index (Phi) is 4.38. The van der Waals surface area contributed by atoms with Crippen LogP contribution in [0, 0.1) is 0 Å². The van der Waals surface area contributed by atoms with E-state index in [1.807, 2.05) is 6.92 Å². The van der Waals surface area contributed by atoms with Crippen LogP contribution in [0.5, 0.6) is 5.75 Å². The lowest BCUT2D eigenvalue weighted by atomic mass is 10.2. The second kappa shape index (κ2) is 5.90. The maximum absolute atomic E-state index is 11.9. The number of hydrogen-bond acceptors (Lipinski definition) is 4. The fourth-order valence-electron chi connectivity index (χ4n) is 1.97. The molecule has 0 aliphatic carbocycles. The average Bonchev–Trinajstić information content (AvgIpc) is 2.41. The van der Waals surface area contributed by atoms with Gasteiger partial charge in [-0.3, -0.25) is 9.52 Å². The van der Waals surface area contributed by atoms with E-state index in [1.54, 1.807) is 23.1 Å². The van der Waals surface area contributed by atoms with Crippen LogP contribution in [0.25, 0.3) is 0 Å². The SMILES string of the molecule is CCCN1C(=O)COc2ccc(NS(=O)(=O)N(C)C)cc21. The van der Waals surface area contributed by atoms with Gasteiger partial charge in [-0.2, -0.15) is 12.7 Å². The van der Waals surface area contributed by atoms with Crippen molar-refractivity contribution < 1.29 is 17.9 Å². The first-order chi connectivity index (χ1) is 9.85. The van der Waals surface area contributed by atoms with Crippen molar-refractivity contribution >= 4 is 27.5 Å². The lowest BCUT2D eigenvalue weighted by Gasteiger charge is -2.29. The molecule has 2 rings (SSSR count). The van der Waals surface area contributed by atoms with Crippen molar-refractivity contribution in [3.05, 3.63) is 18.2 Å². The molecule has 21 heavy (non-hydrogen) atoms. The van der Waals surface area contributed by atoms with Crippen LogP contribution in [-0.4, -0.2) is 45.9 Å². The number of rotatable bonds is 5. The summed E-state index contributed by atoms with van der Waals surface area (Å²) in [6.07, 6.45) is 0.804. The van der Waals surface area contributed by atoms with Gasteiger partial charge < -0.3 is 9.64 Å². The minimum Gasteiger partial charge on any atom is -0.482 e. The van der Waals surface area contributed by atoms with Gasteiger partial charge in [0.25, 0.3) is 5.91 Å². The highest BCUT2D eigenvalue weighted by atomic mass is 32.2. The van der Waals surface area contributed by atoms with Crippen LogP contribution in [0.3, 0.4) is 0 Å². The molecule has 1 N–H and O–H groups in total. The Hall–Kier alpha value is -1.80. The summed E-state index contributed by atoms with van der Waals surface area (Å²) in [5.74, 6) is 0.452. The van der Waals surface area contributed by atoms with E-state index >= 15 is 0 Å².